The van der Waals surface area contributed by atoms with E-state index in [1.54, 1.807) is 0 Å². The molecule has 1 unspecified atom stereocenters. The highest BCUT2D eigenvalue weighted by molar-refractivity contribution is 7.85. The maximum atomic E-state index is 13.2. The molecule has 5 nitrogen and oxygen atoms in total. The Bertz CT molecular complexity index is 1180. The molecule has 0 aromatic heterocycles. The number of benzene rings is 3. The first kappa shape index (κ1) is 21.0. The van der Waals surface area contributed by atoms with E-state index in [1.165, 1.54) is 16.7 Å². The lowest BCUT2D eigenvalue weighted by Crippen LogP contribution is -2.28. The third-order valence-electron chi connectivity index (χ3n) is 6.16. The number of ether oxygens (including phenoxy) is 2. The molecule has 3 aromatic rings. The van der Waals surface area contributed by atoms with E-state index in [1.807, 2.05) is 30.3 Å². The highest BCUT2D eigenvalue weighted by Crippen LogP contribution is 2.44. The van der Waals surface area contributed by atoms with Gasteiger partial charge in [0.2, 0.25) is 0 Å². The average Bonchev–Trinajstić information content (AvgIpc) is 2.83. The molecule has 2 aliphatic heterocycles. The van der Waals surface area contributed by atoms with E-state index in [4.69, 9.17) is 9.47 Å². The summed E-state index contributed by atoms with van der Waals surface area (Å²) in [6, 6.07) is 18.3. The van der Waals surface area contributed by atoms with Gasteiger partial charge < -0.3 is 19.7 Å². The maximum absolute atomic E-state index is 13.2. The van der Waals surface area contributed by atoms with E-state index in [0.717, 1.165) is 58.7 Å². The largest absolute Gasteiger partial charge is 0.486 e. The van der Waals surface area contributed by atoms with E-state index in [-0.39, 0.29) is 0 Å². The first-order chi connectivity index (χ1) is 15.6. The number of hydrogen-bond acceptors (Lipinski definition) is 5. The summed E-state index contributed by atoms with van der Waals surface area (Å²) in [5, 5.41) is 3.55. The van der Waals surface area contributed by atoms with Crippen molar-refractivity contribution >= 4 is 22.2 Å². The molecule has 0 aliphatic carbocycles. The number of hydrogen-bond donors (Lipinski definition) is 1. The van der Waals surface area contributed by atoms with Crippen LogP contribution in [0.1, 0.15) is 23.1 Å². The summed E-state index contributed by atoms with van der Waals surface area (Å²) < 4.78 is 24.5. The van der Waals surface area contributed by atoms with Crippen LogP contribution < -0.4 is 19.7 Å². The average molecular weight is 449 g/mol. The van der Waals surface area contributed by atoms with Gasteiger partial charge >= 0.3 is 0 Å². The zero-order chi connectivity index (χ0) is 22.1. The van der Waals surface area contributed by atoms with Crippen molar-refractivity contribution in [2.75, 3.05) is 31.2 Å². The van der Waals surface area contributed by atoms with Crippen LogP contribution in [0.3, 0.4) is 0 Å². The van der Waals surface area contributed by atoms with E-state index < -0.39 is 10.8 Å². The number of nitrogens with one attached hydrogen (secondary N) is 1. The number of aryl methyl sites for hydroxylation is 1. The molecule has 32 heavy (non-hydrogen) atoms. The van der Waals surface area contributed by atoms with Gasteiger partial charge in [0.1, 0.15) is 13.2 Å². The van der Waals surface area contributed by atoms with Crippen LogP contribution in [0.4, 0.5) is 11.4 Å². The van der Waals surface area contributed by atoms with Crippen molar-refractivity contribution in [2.24, 2.45) is 0 Å². The second kappa shape index (κ2) is 8.96. The molecule has 0 radical (unpaired) electrons. The molecule has 0 bridgehead atoms. The molecule has 0 fully saturated rings. The van der Waals surface area contributed by atoms with Crippen LogP contribution in [-0.2, 0) is 17.3 Å². The van der Waals surface area contributed by atoms with Gasteiger partial charge in [-0.05, 0) is 73.8 Å². The number of para-hydroxylation sites is 1. The van der Waals surface area contributed by atoms with Crippen LogP contribution in [0.2, 0.25) is 0 Å². The van der Waals surface area contributed by atoms with Gasteiger partial charge in [-0.3, -0.25) is 0 Å². The summed E-state index contributed by atoms with van der Waals surface area (Å²) in [5.41, 5.74) is 5.77. The highest BCUT2D eigenvalue weighted by atomic mass is 32.2. The van der Waals surface area contributed by atoms with Crippen molar-refractivity contribution < 1.29 is 13.7 Å². The van der Waals surface area contributed by atoms with Gasteiger partial charge in [0, 0.05) is 13.1 Å². The quantitative estimate of drug-likeness (QED) is 0.545. The van der Waals surface area contributed by atoms with E-state index in [0.29, 0.717) is 13.2 Å². The maximum Gasteiger partial charge on any atom is 0.161 e. The minimum atomic E-state index is -1.14. The lowest BCUT2D eigenvalue weighted by Gasteiger charge is -2.34. The van der Waals surface area contributed by atoms with Crippen LogP contribution in [0.15, 0.2) is 64.4 Å². The Kier molecular flexibility index (Phi) is 5.89. The standard InChI is InChI=1S/C26H28N2O3S/c1-18-8-11-25-26(19(18)2)28(21-6-3-4-7-24(21)32(25)29)13-5-12-27-17-20-9-10-22-23(16-20)31-15-14-30-22/h3-4,6-11,16,27H,5,12-15,17H2,1-2H3. The first-order valence-corrected chi connectivity index (χ1v) is 12.3. The third-order valence-corrected chi connectivity index (χ3v) is 7.63. The summed E-state index contributed by atoms with van der Waals surface area (Å²) in [6.07, 6.45) is 0.971. The smallest absolute Gasteiger partial charge is 0.161 e. The summed E-state index contributed by atoms with van der Waals surface area (Å²) in [6.45, 7) is 7.99. The van der Waals surface area contributed by atoms with Gasteiger partial charge in [-0.25, -0.2) is 4.21 Å². The number of nitrogens with zero attached hydrogens (tertiary/aromatic N) is 1. The lowest BCUT2D eigenvalue weighted by molar-refractivity contribution is 0.171. The van der Waals surface area contributed by atoms with Crippen LogP contribution >= 0.6 is 0 Å². The van der Waals surface area contributed by atoms with E-state index in [2.05, 4.69) is 48.3 Å². The molecule has 2 aliphatic rings. The van der Waals surface area contributed by atoms with Crippen molar-refractivity contribution in [3.8, 4) is 11.5 Å². The van der Waals surface area contributed by atoms with Gasteiger partial charge in [0.05, 0.1) is 32.0 Å². The van der Waals surface area contributed by atoms with Gasteiger partial charge in [-0.15, -0.1) is 0 Å². The van der Waals surface area contributed by atoms with Crippen LogP contribution in [-0.4, -0.2) is 30.5 Å². The van der Waals surface area contributed by atoms with Crippen molar-refractivity contribution in [1.29, 1.82) is 0 Å². The Morgan fingerprint density at radius 2 is 1.78 bits per heavy atom. The minimum absolute atomic E-state index is 0.604. The van der Waals surface area contributed by atoms with Crippen molar-refractivity contribution in [2.45, 2.75) is 36.6 Å². The first-order valence-electron chi connectivity index (χ1n) is 11.1. The molecular weight excluding hydrogens is 420 g/mol. The zero-order valence-corrected chi connectivity index (χ0v) is 19.3. The summed E-state index contributed by atoms with van der Waals surface area (Å²) in [5.74, 6) is 1.65. The van der Waals surface area contributed by atoms with Crippen LogP contribution in [0.5, 0.6) is 11.5 Å². The molecule has 6 heteroatoms. The molecule has 0 saturated carbocycles. The van der Waals surface area contributed by atoms with Gasteiger partial charge in [-0.2, -0.15) is 0 Å². The molecule has 0 amide bonds. The van der Waals surface area contributed by atoms with E-state index >= 15 is 0 Å². The summed E-state index contributed by atoms with van der Waals surface area (Å²) in [7, 11) is -1.14. The SMILES string of the molecule is Cc1ccc2c(c1C)N(CCCNCc1ccc3c(c1)OCCO3)c1ccccc1S2=O. The van der Waals surface area contributed by atoms with Gasteiger partial charge in [-0.1, -0.05) is 24.3 Å². The van der Waals surface area contributed by atoms with Gasteiger partial charge in [0.15, 0.2) is 11.5 Å². The predicted octanol–water partition coefficient (Wildman–Crippen LogP) is 4.87. The lowest BCUT2D eigenvalue weighted by atomic mass is 10.1. The van der Waals surface area contributed by atoms with Crippen molar-refractivity contribution in [1.82, 2.24) is 5.32 Å². The highest BCUT2D eigenvalue weighted by Gasteiger charge is 2.29. The molecule has 0 spiro atoms. The van der Waals surface area contributed by atoms with Crippen LogP contribution in [0, 0.1) is 13.8 Å². The molecule has 1 atom stereocenters. The Morgan fingerprint density at radius 1 is 0.969 bits per heavy atom. The van der Waals surface area contributed by atoms with Crippen molar-refractivity contribution in [3.05, 3.63) is 71.3 Å². The molecule has 1 N–H and O–H groups in total. The van der Waals surface area contributed by atoms with Crippen molar-refractivity contribution in [3.63, 3.8) is 0 Å². The fourth-order valence-electron chi connectivity index (χ4n) is 4.36. The summed E-state index contributed by atoms with van der Waals surface area (Å²) in [4.78, 5) is 4.16. The zero-order valence-electron chi connectivity index (χ0n) is 18.5. The second-order valence-corrected chi connectivity index (χ2v) is 9.67. The van der Waals surface area contributed by atoms with E-state index in [9.17, 15) is 4.21 Å². The molecule has 3 aromatic carbocycles. The van der Waals surface area contributed by atoms with Crippen LogP contribution in [0.25, 0.3) is 0 Å². The third kappa shape index (κ3) is 3.89. The monoisotopic (exact) mass is 448 g/mol. The Balaban J connectivity index is 1.27. The minimum Gasteiger partial charge on any atom is -0.486 e. The second-order valence-electron chi connectivity index (χ2n) is 8.25. The molecule has 2 heterocycles. The fraction of sp³-hybridized carbons (Fsp3) is 0.308. The Labute approximate surface area is 191 Å². The number of rotatable bonds is 6. The molecule has 0 saturated heterocycles. The molecule has 5 rings (SSSR count). The Hall–Kier alpha value is -2.83. The number of fused-ring (bicyclic) bond motifs is 3. The fourth-order valence-corrected chi connectivity index (χ4v) is 5.80. The number of anilines is 2. The molecule has 166 valence electrons. The predicted molar refractivity (Wildman–Crippen MR) is 128 cm³/mol. The van der Waals surface area contributed by atoms with Gasteiger partial charge in [0.25, 0.3) is 0 Å². The Morgan fingerprint density at radius 3 is 2.66 bits per heavy atom. The normalized spacial score (nSPS) is 16.4. The molecular formula is C26H28N2O3S. The summed E-state index contributed by atoms with van der Waals surface area (Å²) >= 11 is 0. The topological polar surface area (TPSA) is 50.8 Å².